The second kappa shape index (κ2) is 5.56. The first kappa shape index (κ1) is 13.8. The Hall–Kier alpha value is -2.63. The molecule has 6 heteroatoms. The highest BCUT2D eigenvalue weighted by atomic mass is 16.5. The zero-order chi connectivity index (χ0) is 14.7. The van der Waals surface area contributed by atoms with Crippen molar-refractivity contribution in [2.24, 2.45) is 0 Å². The van der Waals surface area contributed by atoms with Crippen LogP contribution in [0.4, 0.5) is 0 Å². The predicted octanol–water partition coefficient (Wildman–Crippen LogP) is 1.73. The molecular weight excluding hydrogens is 260 g/mol. The van der Waals surface area contributed by atoms with E-state index in [-0.39, 0.29) is 6.54 Å². The fraction of sp³-hybridized carbons (Fsp3) is 0.214. The van der Waals surface area contributed by atoms with Gasteiger partial charge in [0.1, 0.15) is 6.54 Å². The average Bonchev–Trinajstić information content (AvgIpc) is 2.85. The van der Waals surface area contributed by atoms with Crippen molar-refractivity contribution in [1.29, 1.82) is 0 Å². The summed E-state index contributed by atoms with van der Waals surface area (Å²) in [6, 6.07) is 5.29. The highest BCUT2D eigenvalue weighted by Gasteiger charge is 2.14. The van der Waals surface area contributed by atoms with Crippen LogP contribution >= 0.6 is 0 Å². The van der Waals surface area contributed by atoms with Crippen LogP contribution in [0, 0.1) is 6.92 Å². The van der Waals surface area contributed by atoms with Crippen LogP contribution in [0.3, 0.4) is 0 Å². The molecule has 0 aliphatic heterocycles. The van der Waals surface area contributed by atoms with Crippen molar-refractivity contribution >= 4 is 11.9 Å². The maximum atomic E-state index is 11.6. The van der Waals surface area contributed by atoms with Crippen LogP contribution in [0.25, 0.3) is 11.1 Å². The van der Waals surface area contributed by atoms with E-state index >= 15 is 0 Å². The Labute approximate surface area is 115 Å². The number of ether oxygens (including phenoxy) is 1. The molecule has 6 nitrogen and oxygen atoms in total. The smallest absolute Gasteiger partial charge is 0.338 e. The maximum Gasteiger partial charge on any atom is 0.338 e. The molecule has 0 saturated heterocycles. The highest BCUT2D eigenvalue weighted by Crippen LogP contribution is 2.25. The molecule has 0 radical (unpaired) electrons. The minimum atomic E-state index is -0.959. The standard InChI is InChI=1S/C14H14N2O4/c1-9-11(4-3-5-12(9)14(19)20-2)10-6-15-16(7-10)8-13(17)18/h3-7H,8H2,1-2H3,(H,17,18). The number of nitrogens with zero attached hydrogens (tertiary/aromatic N) is 2. The van der Waals surface area contributed by atoms with Crippen molar-refractivity contribution in [1.82, 2.24) is 9.78 Å². The van der Waals surface area contributed by atoms with Crippen molar-refractivity contribution in [2.45, 2.75) is 13.5 Å². The largest absolute Gasteiger partial charge is 0.480 e. The maximum absolute atomic E-state index is 11.6. The predicted molar refractivity (Wildman–Crippen MR) is 71.4 cm³/mol. The van der Waals surface area contributed by atoms with Gasteiger partial charge in [-0.25, -0.2) is 4.79 Å². The summed E-state index contributed by atoms with van der Waals surface area (Å²) in [5.41, 5.74) is 2.84. The fourth-order valence-electron chi connectivity index (χ4n) is 2.01. The van der Waals surface area contributed by atoms with Crippen molar-refractivity contribution in [3.8, 4) is 11.1 Å². The third kappa shape index (κ3) is 2.69. The molecule has 0 saturated carbocycles. The Bertz CT molecular complexity index is 661. The SMILES string of the molecule is COC(=O)c1cccc(-c2cnn(CC(=O)O)c2)c1C. The first-order chi connectivity index (χ1) is 9.52. The van der Waals surface area contributed by atoms with Gasteiger partial charge in [-0.1, -0.05) is 12.1 Å². The third-order valence-electron chi connectivity index (χ3n) is 2.98. The summed E-state index contributed by atoms with van der Waals surface area (Å²) in [5.74, 6) is -1.36. The van der Waals surface area contributed by atoms with Crippen LogP contribution in [0.1, 0.15) is 15.9 Å². The van der Waals surface area contributed by atoms with E-state index in [1.54, 1.807) is 24.5 Å². The monoisotopic (exact) mass is 274 g/mol. The Morgan fingerprint density at radius 3 is 2.80 bits per heavy atom. The first-order valence-corrected chi connectivity index (χ1v) is 5.95. The van der Waals surface area contributed by atoms with Crippen molar-refractivity contribution in [3.05, 3.63) is 41.7 Å². The average molecular weight is 274 g/mol. The number of hydrogen-bond donors (Lipinski definition) is 1. The summed E-state index contributed by atoms with van der Waals surface area (Å²) >= 11 is 0. The van der Waals surface area contributed by atoms with Crippen LogP contribution < -0.4 is 0 Å². The second-order valence-electron chi connectivity index (χ2n) is 4.29. The lowest BCUT2D eigenvalue weighted by atomic mass is 9.98. The number of rotatable bonds is 4. The van der Waals surface area contributed by atoms with E-state index in [2.05, 4.69) is 5.10 Å². The number of aliphatic carboxylic acids is 1. The van der Waals surface area contributed by atoms with Crippen molar-refractivity contribution < 1.29 is 19.4 Å². The minimum Gasteiger partial charge on any atom is -0.480 e. The molecule has 1 aromatic heterocycles. The van der Waals surface area contributed by atoms with Crippen LogP contribution in [0.15, 0.2) is 30.6 Å². The molecule has 0 atom stereocenters. The van der Waals surface area contributed by atoms with Crippen molar-refractivity contribution in [3.63, 3.8) is 0 Å². The number of aromatic nitrogens is 2. The van der Waals surface area contributed by atoms with Gasteiger partial charge in [0.05, 0.1) is 18.9 Å². The van der Waals surface area contributed by atoms with Gasteiger partial charge in [0.15, 0.2) is 0 Å². The van der Waals surface area contributed by atoms with Gasteiger partial charge < -0.3 is 9.84 Å². The summed E-state index contributed by atoms with van der Waals surface area (Å²) in [6.07, 6.45) is 3.21. The number of carbonyl (C=O) groups is 2. The second-order valence-corrected chi connectivity index (χ2v) is 4.29. The summed E-state index contributed by atoms with van der Waals surface area (Å²) in [5, 5.41) is 12.7. The molecule has 104 valence electrons. The van der Waals surface area contributed by atoms with Gasteiger partial charge in [-0.2, -0.15) is 5.10 Å². The van der Waals surface area contributed by atoms with Crippen molar-refractivity contribution in [2.75, 3.05) is 7.11 Å². The van der Waals surface area contributed by atoms with Gasteiger partial charge in [-0.15, -0.1) is 0 Å². The molecule has 2 aromatic rings. The van der Waals surface area contributed by atoms with Crippen LogP contribution in [0.2, 0.25) is 0 Å². The molecular formula is C14H14N2O4. The fourth-order valence-corrected chi connectivity index (χ4v) is 2.01. The Morgan fingerprint density at radius 1 is 1.40 bits per heavy atom. The van der Waals surface area contributed by atoms with E-state index in [0.29, 0.717) is 5.56 Å². The zero-order valence-electron chi connectivity index (χ0n) is 11.2. The summed E-state index contributed by atoms with van der Waals surface area (Å²) in [4.78, 5) is 22.3. The topological polar surface area (TPSA) is 81.4 Å². The molecule has 1 aromatic carbocycles. The number of benzene rings is 1. The zero-order valence-corrected chi connectivity index (χ0v) is 11.2. The lowest BCUT2D eigenvalue weighted by Gasteiger charge is -2.08. The first-order valence-electron chi connectivity index (χ1n) is 5.95. The number of carboxylic acid groups (broad SMARTS) is 1. The molecule has 0 fully saturated rings. The number of carbonyl (C=O) groups excluding carboxylic acids is 1. The minimum absolute atomic E-state index is 0.199. The lowest BCUT2D eigenvalue weighted by molar-refractivity contribution is -0.137. The van der Waals surface area contributed by atoms with Gasteiger partial charge in [0.2, 0.25) is 0 Å². The Balaban J connectivity index is 2.40. The van der Waals surface area contributed by atoms with Gasteiger partial charge in [0.25, 0.3) is 0 Å². The molecule has 0 amide bonds. The van der Waals surface area contributed by atoms with Gasteiger partial charge in [-0.3, -0.25) is 9.48 Å². The molecule has 1 N–H and O–H groups in total. The van der Waals surface area contributed by atoms with E-state index in [4.69, 9.17) is 9.84 Å². The van der Waals surface area contributed by atoms with Crippen LogP contribution in [-0.4, -0.2) is 33.9 Å². The molecule has 0 aliphatic rings. The van der Waals surface area contributed by atoms with E-state index in [1.807, 2.05) is 13.0 Å². The van der Waals surface area contributed by atoms with E-state index in [1.165, 1.54) is 11.8 Å². The van der Waals surface area contributed by atoms with E-state index in [0.717, 1.165) is 16.7 Å². The van der Waals surface area contributed by atoms with Gasteiger partial charge >= 0.3 is 11.9 Å². The highest BCUT2D eigenvalue weighted by molar-refractivity contribution is 5.93. The molecule has 0 bridgehead atoms. The number of carboxylic acids is 1. The molecule has 1 heterocycles. The summed E-state index contributed by atoms with van der Waals surface area (Å²) < 4.78 is 6.06. The molecule has 0 spiro atoms. The number of methoxy groups -OCH3 is 1. The normalized spacial score (nSPS) is 10.3. The van der Waals surface area contributed by atoms with E-state index < -0.39 is 11.9 Å². The third-order valence-corrected chi connectivity index (χ3v) is 2.98. The van der Waals surface area contributed by atoms with E-state index in [9.17, 15) is 9.59 Å². The summed E-state index contributed by atoms with van der Waals surface area (Å²) in [7, 11) is 1.33. The molecule has 0 aliphatic carbocycles. The number of hydrogen-bond acceptors (Lipinski definition) is 4. The molecule has 20 heavy (non-hydrogen) atoms. The van der Waals surface area contributed by atoms with Gasteiger partial charge in [0, 0.05) is 11.8 Å². The Morgan fingerprint density at radius 2 is 2.15 bits per heavy atom. The van der Waals surface area contributed by atoms with Crippen LogP contribution in [0.5, 0.6) is 0 Å². The van der Waals surface area contributed by atoms with Gasteiger partial charge in [-0.05, 0) is 24.1 Å². The molecule has 2 rings (SSSR count). The lowest BCUT2D eigenvalue weighted by Crippen LogP contribution is -2.08. The van der Waals surface area contributed by atoms with Crippen LogP contribution in [-0.2, 0) is 16.1 Å². The Kier molecular flexibility index (Phi) is 3.84. The molecule has 0 unspecified atom stereocenters. The number of esters is 1. The summed E-state index contributed by atoms with van der Waals surface area (Å²) in [6.45, 7) is 1.62. The quantitative estimate of drug-likeness (QED) is 0.859.